The van der Waals surface area contributed by atoms with Crippen molar-refractivity contribution in [3.05, 3.63) is 72.8 Å². The highest BCUT2D eigenvalue weighted by Crippen LogP contribution is 2.46. The molecule has 1 aromatic heterocycles. The maximum absolute atomic E-state index is 9.69. The van der Waals surface area contributed by atoms with E-state index >= 15 is 0 Å². The lowest BCUT2D eigenvalue weighted by Gasteiger charge is -2.34. The van der Waals surface area contributed by atoms with Crippen molar-refractivity contribution in [2.45, 2.75) is 25.5 Å². The minimum absolute atomic E-state index is 0.205. The van der Waals surface area contributed by atoms with Gasteiger partial charge in [0.25, 0.3) is 0 Å². The second-order valence-corrected chi connectivity index (χ2v) is 9.50. The minimum Gasteiger partial charge on any atom is -0.508 e. The average molecular weight is 476 g/mol. The Morgan fingerprint density at radius 2 is 1.71 bits per heavy atom. The van der Waals surface area contributed by atoms with E-state index in [0.29, 0.717) is 6.61 Å². The third-order valence-electron chi connectivity index (χ3n) is 6.20. The van der Waals surface area contributed by atoms with Crippen molar-refractivity contribution < 1.29 is 19.3 Å². The summed E-state index contributed by atoms with van der Waals surface area (Å²) in [6.45, 7) is 2.54. The summed E-state index contributed by atoms with van der Waals surface area (Å²) in [7, 11) is 1.78. The molecule has 1 aliphatic heterocycles. The van der Waals surface area contributed by atoms with Crippen LogP contribution < -0.4 is 9.47 Å². The van der Waals surface area contributed by atoms with Gasteiger partial charge in [-0.1, -0.05) is 12.1 Å². The number of likely N-dealkylation sites (tertiary alicyclic amines) is 1. The number of rotatable bonds is 8. The van der Waals surface area contributed by atoms with Gasteiger partial charge in [0, 0.05) is 30.3 Å². The van der Waals surface area contributed by atoms with Crippen LogP contribution in [0.15, 0.2) is 72.8 Å². The predicted molar refractivity (Wildman–Crippen MR) is 137 cm³/mol. The number of fused-ring (bicyclic) bond motifs is 1. The molecule has 4 aromatic rings. The van der Waals surface area contributed by atoms with Gasteiger partial charge in [0.2, 0.25) is 0 Å². The maximum atomic E-state index is 9.69. The Balaban J connectivity index is 1.29. The first-order chi connectivity index (χ1) is 16.7. The second-order valence-electron chi connectivity index (χ2n) is 8.45. The standard InChI is InChI=1S/C28H29NO4S/c1-31-26-8-4-5-17-29(26)18-19-32-22-13-15-23(16-14-22)33-27-24-6-2-3-7-25(24)34-28(27)20-9-11-21(30)12-10-20/h2-3,6-7,9-16,26,30H,4-5,8,17-19H2,1H3. The molecule has 0 aliphatic carbocycles. The van der Waals surface area contributed by atoms with Crippen molar-refractivity contribution in [3.63, 3.8) is 0 Å². The highest BCUT2D eigenvalue weighted by Gasteiger charge is 2.21. The lowest BCUT2D eigenvalue weighted by molar-refractivity contribution is -0.0592. The molecule has 1 fully saturated rings. The van der Waals surface area contributed by atoms with E-state index in [-0.39, 0.29) is 12.0 Å². The number of ether oxygens (including phenoxy) is 3. The van der Waals surface area contributed by atoms with Gasteiger partial charge in [-0.05, 0) is 85.5 Å². The molecule has 5 nitrogen and oxygen atoms in total. The topological polar surface area (TPSA) is 51.2 Å². The fraction of sp³-hybridized carbons (Fsp3) is 0.286. The Morgan fingerprint density at radius 1 is 0.941 bits per heavy atom. The zero-order valence-corrected chi connectivity index (χ0v) is 20.1. The number of nitrogens with zero attached hydrogens (tertiary/aromatic N) is 1. The molecule has 1 atom stereocenters. The van der Waals surface area contributed by atoms with Gasteiger partial charge in [-0.25, -0.2) is 0 Å². The van der Waals surface area contributed by atoms with Gasteiger partial charge in [-0.15, -0.1) is 11.3 Å². The summed E-state index contributed by atoms with van der Waals surface area (Å²) in [6.07, 6.45) is 3.74. The van der Waals surface area contributed by atoms with Crippen molar-refractivity contribution in [1.29, 1.82) is 0 Å². The highest BCUT2D eigenvalue weighted by molar-refractivity contribution is 7.22. The first-order valence-corrected chi connectivity index (χ1v) is 12.5. The molecule has 34 heavy (non-hydrogen) atoms. The first kappa shape index (κ1) is 22.7. The van der Waals surface area contributed by atoms with Gasteiger partial charge in [-0.2, -0.15) is 0 Å². The molecule has 2 heterocycles. The molecule has 1 N–H and O–H groups in total. The zero-order valence-electron chi connectivity index (χ0n) is 19.3. The molecule has 1 unspecified atom stereocenters. The zero-order chi connectivity index (χ0) is 23.3. The summed E-state index contributed by atoms with van der Waals surface area (Å²) in [4.78, 5) is 3.39. The van der Waals surface area contributed by atoms with E-state index in [1.807, 2.05) is 48.5 Å². The summed E-state index contributed by atoms with van der Waals surface area (Å²) >= 11 is 1.69. The largest absolute Gasteiger partial charge is 0.508 e. The molecule has 5 rings (SSSR count). The number of aromatic hydroxyl groups is 1. The molecule has 0 bridgehead atoms. The van der Waals surface area contributed by atoms with Crippen molar-refractivity contribution in [2.24, 2.45) is 0 Å². The van der Waals surface area contributed by atoms with Crippen LogP contribution in [-0.4, -0.2) is 43.0 Å². The van der Waals surface area contributed by atoms with Gasteiger partial charge in [0.05, 0.1) is 4.88 Å². The quantitative estimate of drug-likeness (QED) is 0.300. The monoisotopic (exact) mass is 475 g/mol. The highest BCUT2D eigenvalue weighted by atomic mass is 32.1. The van der Waals surface area contributed by atoms with Crippen molar-refractivity contribution in [2.75, 3.05) is 26.8 Å². The van der Waals surface area contributed by atoms with Crippen LogP contribution >= 0.6 is 11.3 Å². The van der Waals surface area contributed by atoms with Crippen molar-refractivity contribution in [3.8, 4) is 33.4 Å². The lowest BCUT2D eigenvalue weighted by atomic mass is 10.1. The van der Waals surface area contributed by atoms with Crippen LogP contribution in [0.3, 0.4) is 0 Å². The minimum atomic E-state index is 0.205. The molecular weight excluding hydrogens is 446 g/mol. The Morgan fingerprint density at radius 3 is 2.50 bits per heavy atom. The van der Waals surface area contributed by atoms with E-state index in [1.54, 1.807) is 30.6 Å². The van der Waals surface area contributed by atoms with E-state index in [9.17, 15) is 5.11 Å². The molecule has 1 aliphatic rings. The molecular formula is C28H29NO4S. The summed E-state index contributed by atoms with van der Waals surface area (Å²) in [6, 6.07) is 23.3. The number of hydrogen-bond acceptors (Lipinski definition) is 6. The summed E-state index contributed by atoms with van der Waals surface area (Å²) in [5.74, 6) is 2.66. The number of hydrogen-bond donors (Lipinski definition) is 1. The van der Waals surface area contributed by atoms with Gasteiger partial charge in [0.15, 0.2) is 5.75 Å². The molecule has 3 aromatic carbocycles. The first-order valence-electron chi connectivity index (χ1n) is 11.7. The third kappa shape index (κ3) is 5.04. The number of piperidine rings is 1. The predicted octanol–water partition coefficient (Wildman–Crippen LogP) is 6.90. The van der Waals surface area contributed by atoms with Crippen LogP contribution in [0.2, 0.25) is 0 Å². The number of benzene rings is 3. The Kier molecular flexibility index (Phi) is 7.00. The molecule has 1 saturated heterocycles. The number of phenolic OH excluding ortho intramolecular Hbond substituents is 1. The van der Waals surface area contributed by atoms with E-state index in [4.69, 9.17) is 14.2 Å². The number of thiophene rings is 1. The third-order valence-corrected chi connectivity index (χ3v) is 7.40. The van der Waals surface area contributed by atoms with Crippen LogP contribution in [0.25, 0.3) is 20.5 Å². The number of methoxy groups -OCH3 is 1. The second kappa shape index (κ2) is 10.5. The van der Waals surface area contributed by atoms with Crippen LogP contribution in [0.5, 0.6) is 23.0 Å². The van der Waals surface area contributed by atoms with E-state index in [0.717, 1.165) is 57.3 Å². The van der Waals surface area contributed by atoms with E-state index < -0.39 is 0 Å². The van der Waals surface area contributed by atoms with E-state index in [2.05, 4.69) is 17.0 Å². The Hall–Kier alpha value is -3.06. The smallest absolute Gasteiger partial charge is 0.153 e. The molecule has 0 saturated carbocycles. The Bertz CT molecular complexity index is 1220. The van der Waals surface area contributed by atoms with Gasteiger partial charge < -0.3 is 19.3 Å². The maximum Gasteiger partial charge on any atom is 0.153 e. The number of phenols is 1. The summed E-state index contributed by atoms with van der Waals surface area (Å²) < 4.78 is 19.1. The normalized spacial score (nSPS) is 16.6. The fourth-order valence-electron chi connectivity index (χ4n) is 4.41. The van der Waals surface area contributed by atoms with Crippen LogP contribution in [0.4, 0.5) is 0 Å². The summed E-state index contributed by atoms with van der Waals surface area (Å²) in [5.41, 5.74) is 1.01. The Labute approximate surface area is 204 Å². The van der Waals surface area contributed by atoms with Crippen LogP contribution in [0.1, 0.15) is 19.3 Å². The lowest BCUT2D eigenvalue weighted by Crippen LogP contribution is -2.42. The molecule has 0 amide bonds. The average Bonchev–Trinajstić information content (AvgIpc) is 3.24. The fourth-order valence-corrected chi connectivity index (χ4v) is 5.55. The van der Waals surface area contributed by atoms with Crippen LogP contribution in [0, 0.1) is 0 Å². The van der Waals surface area contributed by atoms with Gasteiger partial charge in [-0.3, -0.25) is 4.90 Å². The van der Waals surface area contributed by atoms with Gasteiger partial charge in [0.1, 0.15) is 30.1 Å². The van der Waals surface area contributed by atoms with Crippen molar-refractivity contribution in [1.82, 2.24) is 4.90 Å². The van der Waals surface area contributed by atoms with Gasteiger partial charge >= 0.3 is 0 Å². The molecule has 176 valence electrons. The molecule has 0 spiro atoms. The summed E-state index contributed by atoms with van der Waals surface area (Å²) in [5, 5.41) is 10.8. The van der Waals surface area contributed by atoms with Crippen LogP contribution in [-0.2, 0) is 4.74 Å². The molecule has 6 heteroatoms. The van der Waals surface area contributed by atoms with E-state index in [1.165, 1.54) is 12.8 Å². The molecule has 0 radical (unpaired) electrons. The van der Waals surface area contributed by atoms with Crippen molar-refractivity contribution >= 4 is 21.4 Å². The SMILES string of the molecule is COC1CCCCN1CCOc1ccc(Oc2c(-c3ccc(O)cc3)sc3ccccc23)cc1.